The van der Waals surface area contributed by atoms with E-state index in [2.05, 4.69) is 35.8 Å². The van der Waals surface area contributed by atoms with Crippen molar-refractivity contribution in [1.82, 2.24) is 19.7 Å². The van der Waals surface area contributed by atoms with Crippen LogP contribution in [0, 0.1) is 5.82 Å². The number of anilines is 1. The summed E-state index contributed by atoms with van der Waals surface area (Å²) in [4.78, 5) is 16.5. The van der Waals surface area contributed by atoms with Gasteiger partial charge in [-0.05, 0) is 52.3 Å². The van der Waals surface area contributed by atoms with Crippen LogP contribution >= 0.6 is 15.9 Å². The fraction of sp³-hybridized carbons (Fsp3) is 0.0526. The van der Waals surface area contributed by atoms with Gasteiger partial charge >= 0.3 is 0 Å². The average Bonchev–Trinajstić information content (AvgIpc) is 2.75. The molecule has 158 valence electrons. The Morgan fingerprint density at radius 3 is 2.71 bits per heavy atom. The number of halogens is 2. The second-order valence-electron chi connectivity index (χ2n) is 6.23. The van der Waals surface area contributed by atoms with E-state index in [1.54, 1.807) is 0 Å². The van der Waals surface area contributed by atoms with E-state index in [-0.39, 0.29) is 37.7 Å². The van der Waals surface area contributed by atoms with E-state index in [0.717, 1.165) is 12.3 Å². The smallest absolute Gasteiger partial charge is 0.274 e. The van der Waals surface area contributed by atoms with Crippen LogP contribution in [-0.2, 0) is 10.0 Å². The van der Waals surface area contributed by atoms with Gasteiger partial charge in [-0.25, -0.2) is 17.8 Å². The summed E-state index contributed by atoms with van der Waals surface area (Å²) in [5.74, 6) is -0.306. The monoisotopic (exact) mass is 505 g/mol. The van der Waals surface area contributed by atoms with E-state index in [1.807, 2.05) is 0 Å². The Balaban J connectivity index is 1.87. The molecule has 0 amide bonds. The Hall–Kier alpha value is -3.38. The number of fused-ring (bicyclic) bond motifs is 1. The molecule has 12 heteroatoms. The predicted molar refractivity (Wildman–Crippen MR) is 114 cm³/mol. The van der Waals surface area contributed by atoms with Crippen molar-refractivity contribution >= 4 is 42.8 Å². The number of nitrogens with one attached hydrogen (secondary N) is 1. The van der Waals surface area contributed by atoms with Crippen LogP contribution in [0.3, 0.4) is 0 Å². The lowest BCUT2D eigenvalue weighted by atomic mass is 10.2. The number of sulfonamides is 1. The Morgan fingerprint density at radius 1 is 1.19 bits per heavy atom. The lowest BCUT2D eigenvalue weighted by Crippen LogP contribution is -2.20. The molecule has 0 fully saturated rings. The fourth-order valence-corrected chi connectivity index (χ4v) is 4.26. The number of hydrogen-bond donors (Lipinski definition) is 1. The Bertz CT molecular complexity index is 1460. The molecule has 0 aliphatic carbocycles. The number of rotatable bonds is 5. The molecule has 0 radical (unpaired) electrons. The van der Waals surface area contributed by atoms with Gasteiger partial charge in [0, 0.05) is 12.3 Å². The van der Waals surface area contributed by atoms with Crippen molar-refractivity contribution in [3.8, 4) is 11.4 Å². The highest BCUT2D eigenvalue weighted by atomic mass is 79.9. The minimum absolute atomic E-state index is 0.0515. The van der Waals surface area contributed by atoms with Crippen LogP contribution in [0.4, 0.5) is 10.2 Å². The molecule has 0 bridgehead atoms. The van der Waals surface area contributed by atoms with Crippen molar-refractivity contribution in [3.05, 3.63) is 75.5 Å². The largest absolute Gasteiger partial charge is 0.495 e. The molecule has 0 saturated carbocycles. The minimum atomic E-state index is -3.99. The highest BCUT2D eigenvalue weighted by Crippen LogP contribution is 2.30. The van der Waals surface area contributed by atoms with Crippen LogP contribution in [0.15, 0.2) is 69.0 Å². The lowest BCUT2D eigenvalue weighted by Gasteiger charge is -2.15. The van der Waals surface area contributed by atoms with Crippen LogP contribution in [-0.4, -0.2) is 35.3 Å². The van der Waals surface area contributed by atoms with Gasteiger partial charge in [-0.1, -0.05) is 0 Å². The summed E-state index contributed by atoms with van der Waals surface area (Å²) in [5.41, 5.74) is 0.0766. The molecule has 4 rings (SSSR count). The van der Waals surface area contributed by atoms with E-state index in [0.29, 0.717) is 0 Å². The molecule has 0 aliphatic heterocycles. The third kappa shape index (κ3) is 3.99. The molecule has 0 spiro atoms. The first kappa shape index (κ1) is 20.9. The molecule has 2 heterocycles. The van der Waals surface area contributed by atoms with Crippen LogP contribution in [0.5, 0.6) is 5.75 Å². The summed E-state index contributed by atoms with van der Waals surface area (Å²) in [6.07, 6.45) is 2.43. The maximum Gasteiger partial charge on any atom is 0.274 e. The highest BCUT2D eigenvalue weighted by molar-refractivity contribution is 9.10. The number of hydrogen-bond acceptors (Lipinski definition) is 7. The summed E-state index contributed by atoms with van der Waals surface area (Å²) in [5, 5.41) is 7.32. The normalized spacial score (nSPS) is 11.5. The topological polar surface area (TPSA) is 116 Å². The first-order chi connectivity index (χ1) is 14.8. The van der Waals surface area contributed by atoms with Crippen LogP contribution in [0.2, 0.25) is 0 Å². The summed E-state index contributed by atoms with van der Waals surface area (Å²) < 4.78 is 48.6. The molecule has 4 aromatic rings. The van der Waals surface area contributed by atoms with Gasteiger partial charge in [0.15, 0.2) is 5.82 Å². The number of methoxy groups -OCH3 is 1. The third-order valence-electron chi connectivity index (χ3n) is 4.31. The molecular weight excluding hydrogens is 493 g/mol. The number of ether oxygens (including phenoxy) is 1. The zero-order valence-corrected chi connectivity index (χ0v) is 18.2. The van der Waals surface area contributed by atoms with Crippen molar-refractivity contribution in [1.29, 1.82) is 0 Å². The molecule has 31 heavy (non-hydrogen) atoms. The Labute approximate surface area is 183 Å². The number of aromatic nitrogens is 4. The van der Waals surface area contributed by atoms with Crippen molar-refractivity contribution in [2.45, 2.75) is 4.90 Å². The van der Waals surface area contributed by atoms with E-state index in [4.69, 9.17) is 4.74 Å². The van der Waals surface area contributed by atoms with Gasteiger partial charge in [0.25, 0.3) is 15.6 Å². The van der Waals surface area contributed by atoms with Crippen LogP contribution < -0.4 is 15.0 Å². The van der Waals surface area contributed by atoms with E-state index >= 15 is 0 Å². The molecule has 9 nitrogen and oxygen atoms in total. The summed E-state index contributed by atoms with van der Waals surface area (Å²) in [7, 11) is -2.60. The standard InChI is InChI=1S/C19H13BrFN5O4S/c1-30-17-8-12(20)13(21)9-16(17)26-15-5-4-11(7-14(15)22-10-19(26)27)31(28,29)25-18-3-2-6-23-24-18/h2-10H,1H3,(H,24,25). The second-order valence-corrected chi connectivity index (χ2v) is 8.77. The summed E-state index contributed by atoms with van der Waals surface area (Å²) >= 11 is 3.08. The van der Waals surface area contributed by atoms with E-state index in [9.17, 15) is 17.6 Å². The molecule has 0 atom stereocenters. The fourth-order valence-electron chi connectivity index (χ4n) is 2.92. The highest BCUT2D eigenvalue weighted by Gasteiger charge is 2.19. The first-order valence-electron chi connectivity index (χ1n) is 8.66. The minimum Gasteiger partial charge on any atom is -0.495 e. The quantitative estimate of drug-likeness (QED) is 0.443. The molecule has 2 aromatic heterocycles. The molecule has 2 aromatic carbocycles. The van der Waals surface area contributed by atoms with Gasteiger partial charge in [0.05, 0.1) is 39.4 Å². The molecule has 0 saturated heterocycles. The average molecular weight is 506 g/mol. The van der Waals surface area contributed by atoms with Gasteiger partial charge < -0.3 is 4.74 Å². The number of nitrogens with zero attached hydrogens (tertiary/aromatic N) is 4. The van der Waals surface area contributed by atoms with Crippen molar-refractivity contribution in [3.63, 3.8) is 0 Å². The molecular formula is C19H13BrFN5O4S. The number of benzene rings is 2. The van der Waals surface area contributed by atoms with Gasteiger partial charge in [-0.2, -0.15) is 5.10 Å². The third-order valence-corrected chi connectivity index (χ3v) is 6.27. The second kappa shape index (κ2) is 8.04. The maximum absolute atomic E-state index is 14.2. The van der Waals surface area contributed by atoms with Crippen molar-refractivity contribution < 1.29 is 17.5 Å². The maximum atomic E-state index is 14.2. The van der Waals surface area contributed by atoms with Crippen molar-refractivity contribution in [2.75, 3.05) is 11.8 Å². The lowest BCUT2D eigenvalue weighted by molar-refractivity contribution is 0.411. The van der Waals surface area contributed by atoms with Gasteiger partial charge in [-0.3, -0.25) is 14.1 Å². The van der Waals surface area contributed by atoms with Crippen molar-refractivity contribution in [2.24, 2.45) is 0 Å². The van der Waals surface area contributed by atoms with E-state index in [1.165, 1.54) is 54.3 Å². The van der Waals surface area contributed by atoms with E-state index < -0.39 is 21.4 Å². The first-order valence-corrected chi connectivity index (χ1v) is 10.9. The molecule has 0 aliphatic rings. The van der Waals surface area contributed by atoms with Crippen LogP contribution in [0.25, 0.3) is 16.7 Å². The van der Waals surface area contributed by atoms with Crippen LogP contribution in [0.1, 0.15) is 0 Å². The Morgan fingerprint density at radius 2 is 2.00 bits per heavy atom. The Kier molecular flexibility index (Phi) is 5.41. The zero-order valence-electron chi connectivity index (χ0n) is 15.8. The zero-order chi connectivity index (χ0) is 22.2. The predicted octanol–water partition coefficient (Wildman–Crippen LogP) is 2.89. The summed E-state index contributed by atoms with van der Waals surface area (Å²) in [6, 6.07) is 9.55. The summed E-state index contributed by atoms with van der Waals surface area (Å²) in [6.45, 7) is 0. The van der Waals surface area contributed by atoms with Gasteiger partial charge in [0.2, 0.25) is 0 Å². The molecule has 0 unspecified atom stereocenters. The molecule has 1 N–H and O–H groups in total. The van der Waals surface area contributed by atoms with Gasteiger partial charge in [0.1, 0.15) is 11.6 Å². The van der Waals surface area contributed by atoms with Gasteiger partial charge in [-0.15, -0.1) is 5.10 Å². The SMILES string of the molecule is COc1cc(Br)c(F)cc1-n1c(=O)cnc2cc(S(=O)(=O)Nc3cccnn3)ccc21.